The Kier molecular flexibility index (Phi) is 5.68. The van der Waals surface area contributed by atoms with Crippen molar-refractivity contribution in [3.8, 4) is 0 Å². The van der Waals surface area contributed by atoms with Crippen LogP contribution in [0.25, 0.3) is 0 Å². The van der Waals surface area contributed by atoms with E-state index in [1.165, 1.54) is 6.07 Å². The maximum absolute atomic E-state index is 14.0. The largest absolute Gasteiger partial charge is 0.480 e. The zero-order valence-corrected chi connectivity index (χ0v) is 14.4. The molecular formula is C19H25FN2O3. The second-order valence-electron chi connectivity index (χ2n) is 7.04. The summed E-state index contributed by atoms with van der Waals surface area (Å²) < 4.78 is 14.0. The summed E-state index contributed by atoms with van der Waals surface area (Å²) >= 11 is 0. The lowest BCUT2D eigenvalue weighted by atomic mass is 9.93. The van der Waals surface area contributed by atoms with Crippen molar-refractivity contribution >= 4 is 11.9 Å². The Bertz CT molecular complexity index is 629. The lowest BCUT2D eigenvalue weighted by Gasteiger charge is -2.38. The molecule has 0 radical (unpaired) electrons. The lowest BCUT2D eigenvalue weighted by Crippen LogP contribution is -2.44. The van der Waals surface area contributed by atoms with Crippen LogP contribution in [-0.2, 0) is 9.59 Å². The van der Waals surface area contributed by atoms with Crippen molar-refractivity contribution in [3.63, 3.8) is 0 Å². The Labute approximate surface area is 147 Å². The van der Waals surface area contributed by atoms with Gasteiger partial charge in [-0.25, -0.2) is 4.39 Å². The number of benzene rings is 1. The van der Waals surface area contributed by atoms with Gasteiger partial charge < -0.3 is 10.0 Å². The summed E-state index contributed by atoms with van der Waals surface area (Å²) in [5.74, 6) is -0.859. The van der Waals surface area contributed by atoms with Crippen LogP contribution in [0.4, 0.5) is 4.39 Å². The predicted octanol–water partition coefficient (Wildman–Crippen LogP) is 2.68. The number of nitrogens with zero attached hydrogens (tertiary/aromatic N) is 2. The third-order valence-electron chi connectivity index (χ3n) is 5.35. The van der Waals surface area contributed by atoms with E-state index in [0.29, 0.717) is 25.4 Å². The monoisotopic (exact) mass is 348 g/mol. The fourth-order valence-electron chi connectivity index (χ4n) is 3.94. The number of hydrogen-bond donors (Lipinski definition) is 1. The minimum atomic E-state index is -1.02. The molecule has 0 bridgehead atoms. The zero-order valence-electron chi connectivity index (χ0n) is 14.4. The Morgan fingerprint density at radius 3 is 2.56 bits per heavy atom. The topological polar surface area (TPSA) is 60.9 Å². The summed E-state index contributed by atoms with van der Waals surface area (Å²) in [6.45, 7) is 2.83. The highest BCUT2D eigenvalue weighted by Gasteiger charge is 2.33. The number of aliphatic carboxylic acids is 1. The number of carbonyl (C=O) groups is 2. The molecule has 0 spiro atoms. The van der Waals surface area contributed by atoms with Gasteiger partial charge in [-0.05, 0) is 50.8 Å². The Morgan fingerprint density at radius 2 is 1.92 bits per heavy atom. The number of carboxylic acids is 1. The minimum Gasteiger partial charge on any atom is -0.480 e. The van der Waals surface area contributed by atoms with E-state index in [1.807, 2.05) is 9.80 Å². The van der Waals surface area contributed by atoms with Crippen LogP contribution in [0, 0.1) is 11.7 Å². The fourth-order valence-corrected chi connectivity index (χ4v) is 3.94. The van der Waals surface area contributed by atoms with Crippen molar-refractivity contribution in [3.05, 3.63) is 35.6 Å². The molecule has 25 heavy (non-hydrogen) atoms. The molecule has 1 unspecified atom stereocenters. The van der Waals surface area contributed by atoms with Crippen LogP contribution in [-0.4, -0.2) is 53.0 Å². The van der Waals surface area contributed by atoms with Crippen molar-refractivity contribution < 1.29 is 19.1 Å². The van der Waals surface area contributed by atoms with Gasteiger partial charge in [-0.3, -0.25) is 14.5 Å². The van der Waals surface area contributed by atoms with E-state index in [4.69, 9.17) is 0 Å². The summed E-state index contributed by atoms with van der Waals surface area (Å²) in [6, 6.07) is 5.15. The molecule has 1 aromatic carbocycles. The molecule has 2 fully saturated rings. The quantitative estimate of drug-likeness (QED) is 0.889. The van der Waals surface area contributed by atoms with Crippen LogP contribution in [0.5, 0.6) is 0 Å². The van der Waals surface area contributed by atoms with E-state index in [2.05, 4.69) is 0 Å². The van der Waals surface area contributed by atoms with Gasteiger partial charge in [0.1, 0.15) is 11.9 Å². The Balaban J connectivity index is 1.61. The number of rotatable bonds is 5. The summed E-state index contributed by atoms with van der Waals surface area (Å²) in [6.07, 6.45) is 4.37. The average Bonchev–Trinajstić information content (AvgIpc) is 2.60. The average molecular weight is 348 g/mol. The zero-order chi connectivity index (χ0) is 17.8. The molecule has 2 aliphatic rings. The van der Waals surface area contributed by atoms with E-state index in [-0.39, 0.29) is 11.5 Å². The molecular weight excluding hydrogens is 323 g/mol. The van der Waals surface area contributed by atoms with E-state index in [9.17, 15) is 19.1 Å². The molecule has 2 saturated heterocycles. The standard InChI is InChI=1S/C19H25FN2O3/c20-16-6-2-1-5-15(16)18(19(24)25)21-11-8-14(9-12-21)13-22-10-4-3-7-17(22)23/h1-2,5-6,14,18H,3-4,7-13H2,(H,24,25). The van der Waals surface area contributed by atoms with Gasteiger partial charge in [0.05, 0.1) is 0 Å². The van der Waals surface area contributed by atoms with Crippen molar-refractivity contribution in [2.75, 3.05) is 26.2 Å². The third-order valence-corrected chi connectivity index (χ3v) is 5.35. The molecule has 2 aliphatic heterocycles. The van der Waals surface area contributed by atoms with Crippen molar-refractivity contribution in [2.45, 2.75) is 38.1 Å². The second-order valence-corrected chi connectivity index (χ2v) is 7.04. The number of carbonyl (C=O) groups excluding carboxylic acids is 1. The second kappa shape index (κ2) is 7.95. The third kappa shape index (κ3) is 4.18. The van der Waals surface area contributed by atoms with Gasteiger partial charge in [0, 0.05) is 25.1 Å². The smallest absolute Gasteiger partial charge is 0.325 e. The maximum Gasteiger partial charge on any atom is 0.325 e. The van der Waals surface area contributed by atoms with Gasteiger partial charge in [-0.2, -0.15) is 0 Å². The molecule has 5 nitrogen and oxygen atoms in total. The number of piperidine rings is 2. The first-order valence-corrected chi connectivity index (χ1v) is 9.05. The van der Waals surface area contributed by atoms with E-state index in [0.717, 1.165) is 38.8 Å². The number of likely N-dealkylation sites (tertiary alicyclic amines) is 2. The molecule has 1 aromatic rings. The number of carboxylic acid groups (broad SMARTS) is 1. The van der Waals surface area contributed by atoms with Crippen LogP contribution in [0.3, 0.4) is 0 Å². The summed E-state index contributed by atoms with van der Waals surface area (Å²) in [5, 5.41) is 9.60. The molecule has 6 heteroatoms. The molecule has 0 aromatic heterocycles. The predicted molar refractivity (Wildman–Crippen MR) is 91.5 cm³/mol. The lowest BCUT2D eigenvalue weighted by molar-refractivity contribution is -0.144. The first kappa shape index (κ1) is 17.9. The van der Waals surface area contributed by atoms with Crippen LogP contribution in [0.2, 0.25) is 0 Å². The molecule has 2 heterocycles. The Hall–Kier alpha value is -1.95. The van der Waals surface area contributed by atoms with Gasteiger partial charge in [-0.1, -0.05) is 18.2 Å². The number of hydrogen-bond acceptors (Lipinski definition) is 3. The molecule has 3 rings (SSSR count). The first-order valence-electron chi connectivity index (χ1n) is 9.05. The summed E-state index contributed by atoms with van der Waals surface area (Å²) in [5.41, 5.74) is 0.222. The van der Waals surface area contributed by atoms with Gasteiger partial charge in [0.25, 0.3) is 0 Å². The molecule has 0 aliphatic carbocycles. The minimum absolute atomic E-state index is 0.222. The van der Waals surface area contributed by atoms with Crippen molar-refractivity contribution in [2.24, 2.45) is 5.92 Å². The number of amides is 1. The van der Waals surface area contributed by atoms with E-state index in [1.54, 1.807) is 18.2 Å². The normalized spacial score (nSPS) is 21.3. The van der Waals surface area contributed by atoms with Crippen molar-refractivity contribution in [1.82, 2.24) is 9.80 Å². The molecule has 1 atom stereocenters. The molecule has 0 saturated carbocycles. The summed E-state index contributed by atoms with van der Waals surface area (Å²) in [4.78, 5) is 27.5. The SMILES string of the molecule is O=C(O)C(c1ccccc1F)N1CCC(CN2CCCCC2=O)CC1. The number of halogens is 1. The van der Waals surface area contributed by atoms with Gasteiger partial charge in [-0.15, -0.1) is 0 Å². The molecule has 1 N–H and O–H groups in total. The molecule has 1 amide bonds. The van der Waals surface area contributed by atoms with E-state index < -0.39 is 17.8 Å². The van der Waals surface area contributed by atoms with E-state index >= 15 is 0 Å². The van der Waals surface area contributed by atoms with Crippen LogP contribution < -0.4 is 0 Å². The maximum atomic E-state index is 14.0. The van der Waals surface area contributed by atoms with Crippen molar-refractivity contribution in [1.29, 1.82) is 0 Å². The summed E-state index contributed by atoms with van der Waals surface area (Å²) in [7, 11) is 0. The molecule has 136 valence electrons. The van der Waals surface area contributed by atoms with Gasteiger partial charge in [0.2, 0.25) is 5.91 Å². The highest BCUT2D eigenvalue weighted by Crippen LogP contribution is 2.29. The highest BCUT2D eigenvalue weighted by molar-refractivity contribution is 5.77. The van der Waals surface area contributed by atoms with Crippen LogP contribution in [0.15, 0.2) is 24.3 Å². The van der Waals surface area contributed by atoms with Gasteiger partial charge in [0.15, 0.2) is 0 Å². The fraction of sp³-hybridized carbons (Fsp3) is 0.579. The highest BCUT2D eigenvalue weighted by atomic mass is 19.1. The van der Waals surface area contributed by atoms with Crippen LogP contribution in [0.1, 0.15) is 43.7 Å². The Morgan fingerprint density at radius 1 is 1.20 bits per heavy atom. The first-order chi connectivity index (χ1) is 12.1. The van der Waals surface area contributed by atoms with Gasteiger partial charge >= 0.3 is 5.97 Å². The van der Waals surface area contributed by atoms with Crippen LogP contribution >= 0.6 is 0 Å².